The number of rotatable bonds is 9. The molecular formula is C30H48O8. The lowest BCUT2D eigenvalue weighted by Crippen LogP contribution is -2.42. The standard InChI is InChI=1S/C30H48O8/c1-19(10-8-12-20(2)28(35)23(5)31)11-9-13-21(3)29-22(4)14-15-26(37-24(6)32)30(7,36)17-16-25(33)18-27(34)38-29/h8-9,11-15,19-20,22-23,25-26,28-29,31,33,35-36H,10,16-18H2,1-7H3. The van der Waals surface area contributed by atoms with Gasteiger partial charge in [-0.15, -0.1) is 0 Å². The monoisotopic (exact) mass is 536 g/mol. The van der Waals surface area contributed by atoms with Crippen LogP contribution in [0, 0.1) is 17.8 Å². The highest BCUT2D eigenvalue weighted by atomic mass is 16.6. The second-order valence-electron chi connectivity index (χ2n) is 11.0. The van der Waals surface area contributed by atoms with Crippen molar-refractivity contribution in [2.75, 3.05) is 0 Å². The molecule has 0 saturated heterocycles. The first-order valence-electron chi connectivity index (χ1n) is 13.5. The first kappa shape index (κ1) is 33.8. The predicted octanol–water partition coefficient (Wildman–Crippen LogP) is 3.78. The van der Waals surface area contributed by atoms with E-state index in [4.69, 9.17) is 9.47 Å². The van der Waals surface area contributed by atoms with Crippen LogP contribution < -0.4 is 0 Å². The molecule has 0 amide bonds. The number of cyclic esters (lactones) is 1. The normalized spacial score (nSPS) is 31.2. The highest BCUT2D eigenvalue weighted by Crippen LogP contribution is 2.27. The van der Waals surface area contributed by atoms with Gasteiger partial charge >= 0.3 is 11.9 Å². The maximum absolute atomic E-state index is 12.6. The van der Waals surface area contributed by atoms with E-state index in [9.17, 15) is 30.0 Å². The van der Waals surface area contributed by atoms with Crippen LogP contribution in [0.15, 0.2) is 48.1 Å². The second kappa shape index (κ2) is 16.0. The topological polar surface area (TPSA) is 134 Å². The van der Waals surface area contributed by atoms with Crippen molar-refractivity contribution in [3.05, 3.63) is 48.1 Å². The number of ether oxygens (including phenoxy) is 2. The summed E-state index contributed by atoms with van der Waals surface area (Å²) in [5, 5.41) is 40.7. The van der Waals surface area contributed by atoms with Gasteiger partial charge < -0.3 is 29.9 Å². The number of aliphatic hydroxyl groups excluding tert-OH is 3. The maximum Gasteiger partial charge on any atom is 0.309 e. The van der Waals surface area contributed by atoms with Crippen LogP contribution in [-0.4, -0.2) is 68.5 Å². The molecule has 0 aromatic rings. The Kier molecular flexibility index (Phi) is 14.2. The zero-order chi connectivity index (χ0) is 29.0. The fourth-order valence-corrected chi connectivity index (χ4v) is 4.26. The largest absolute Gasteiger partial charge is 0.457 e. The van der Waals surface area contributed by atoms with E-state index in [1.807, 2.05) is 51.2 Å². The third-order valence-electron chi connectivity index (χ3n) is 6.85. The van der Waals surface area contributed by atoms with E-state index in [1.165, 1.54) is 6.92 Å². The maximum atomic E-state index is 12.6. The van der Waals surface area contributed by atoms with Crippen molar-refractivity contribution in [3.8, 4) is 0 Å². The molecule has 0 aromatic carbocycles. The summed E-state index contributed by atoms with van der Waals surface area (Å²) in [4.78, 5) is 24.2. The van der Waals surface area contributed by atoms with E-state index in [0.29, 0.717) is 0 Å². The summed E-state index contributed by atoms with van der Waals surface area (Å²) in [6, 6.07) is 0. The number of hydrogen-bond acceptors (Lipinski definition) is 8. The third-order valence-corrected chi connectivity index (χ3v) is 6.85. The molecule has 0 aromatic heterocycles. The fourth-order valence-electron chi connectivity index (χ4n) is 4.26. The molecule has 9 unspecified atom stereocenters. The van der Waals surface area contributed by atoms with E-state index < -0.39 is 48.1 Å². The summed E-state index contributed by atoms with van der Waals surface area (Å²) in [6.07, 6.45) is 9.83. The fraction of sp³-hybridized carbons (Fsp3) is 0.667. The van der Waals surface area contributed by atoms with Crippen LogP contribution in [0.4, 0.5) is 0 Å². The molecule has 38 heavy (non-hydrogen) atoms. The Balaban J connectivity index is 3.03. The molecule has 0 fully saturated rings. The third kappa shape index (κ3) is 12.1. The molecule has 4 N–H and O–H groups in total. The molecular weight excluding hydrogens is 488 g/mol. The first-order valence-corrected chi connectivity index (χ1v) is 13.5. The average molecular weight is 537 g/mol. The van der Waals surface area contributed by atoms with Crippen LogP contribution in [0.5, 0.6) is 0 Å². The van der Waals surface area contributed by atoms with Crippen molar-refractivity contribution in [3.63, 3.8) is 0 Å². The number of carbonyl (C=O) groups is 2. The van der Waals surface area contributed by atoms with Crippen LogP contribution in [0.2, 0.25) is 0 Å². The number of aliphatic hydroxyl groups is 4. The van der Waals surface area contributed by atoms with Crippen molar-refractivity contribution >= 4 is 11.9 Å². The van der Waals surface area contributed by atoms with Crippen molar-refractivity contribution in [2.45, 2.75) is 110 Å². The van der Waals surface area contributed by atoms with Gasteiger partial charge in [-0.3, -0.25) is 9.59 Å². The highest BCUT2D eigenvalue weighted by molar-refractivity contribution is 5.70. The lowest BCUT2D eigenvalue weighted by atomic mass is 9.88. The molecule has 0 radical (unpaired) electrons. The molecule has 1 aliphatic rings. The van der Waals surface area contributed by atoms with Crippen molar-refractivity contribution in [2.24, 2.45) is 17.8 Å². The number of allylic oxidation sites excluding steroid dienone is 4. The molecule has 1 rings (SSSR count). The minimum atomic E-state index is -1.41. The van der Waals surface area contributed by atoms with Gasteiger partial charge in [0.25, 0.3) is 0 Å². The van der Waals surface area contributed by atoms with Crippen LogP contribution in [0.25, 0.3) is 0 Å². The van der Waals surface area contributed by atoms with E-state index >= 15 is 0 Å². The van der Waals surface area contributed by atoms with Crippen LogP contribution in [0.1, 0.15) is 74.1 Å². The smallest absolute Gasteiger partial charge is 0.309 e. The van der Waals surface area contributed by atoms with Gasteiger partial charge in [0, 0.05) is 18.8 Å². The minimum Gasteiger partial charge on any atom is -0.457 e. The molecule has 0 bridgehead atoms. The predicted molar refractivity (Wildman–Crippen MR) is 147 cm³/mol. The van der Waals surface area contributed by atoms with Gasteiger partial charge in [-0.25, -0.2) is 0 Å². The van der Waals surface area contributed by atoms with E-state index in [1.54, 1.807) is 26.0 Å². The van der Waals surface area contributed by atoms with Crippen molar-refractivity contribution in [1.82, 2.24) is 0 Å². The van der Waals surface area contributed by atoms with E-state index in [-0.39, 0.29) is 37.0 Å². The molecule has 0 saturated carbocycles. The molecule has 0 spiro atoms. The van der Waals surface area contributed by atoms with Crippen LogP contribution in [0.3, 0.4) is 0 Å². The van der Waals surface area contributed by atoms with Gasteiger partial charge in [0.1, 0.15) is 17.8 Å². The number of esters is 2. The Morgan fingerprint density at radius 3 is 2.47 bits per heavy atom. The lowest BCUT2D eigenvalue weighted by Gasteiger charge is -2.32. The zero-order valence-corrected chi connectivity index (χ0v) is 23.9. The highest BCUT2D eigenvalue weighted by Gasteiger charge is 2.35. The van der Waals surface area contributed by atoms with Gasteiger partial charge in [-0.2, -0.15) is 0 Å². The first-order chi connectivity index (χ1) is 17.6. The minimum absolute atomic E-state index is 0.138. The van der Waals surface area contributed by atoms with Crippen LogP contribution >= 0.6 is 0 Å². The molecule has 216 valence electrons. The van der Waals surface area contributed by atoms with Gasteiger partial charge in [0.15, 0.2) is 0 Å². The van der Waals surface area contributed by atoms with Gasteiger partial charge in [-0.1, -0.05) is 57.2 Å². The SMILES string of the molecule is CC(=O)OC1C=CC(C)C(C(C)=CC=CC(C)CC=CC(C)C(O)C(C)O)OC(=O)CC(O)CCC1(C)O. The molecule has 1 heterocycles. The van der Waals surface area contributed by atoms with Gasteiger partial charge in [0.2, 0.25) is 0 Å². The Morgan fingerprint density at radius 2 is 1.87 bits per heavy atom. The Morgan fingerprint density at radius 1 is 1.21 bits per heavy atom. The Hall–Kier alpha value is -2.26. The summed E-state index contributed by atoms with van der Waals surface area (Å²) in [7, 11) is 0. The molecule has 9 atom stereocenters. The molecule has 8 nitrogen and oxygen atoms in total. The lowest BCUT2D eigenvalue weighted by molar-refractivity contribution is -0.157. The Bertz CT molecular complexity index is 869. The van der Waals surface area contributed by atoms with Gasteiger partial charge in [0.05, 0.1) is 24.7 Å². The van der Waals surface area contributed by atoms with Crippen LogP contribution in [-0.2, 0) is 19.1 Å². The summed E-state index contributed by atoms with van der Waals surface area (Å²) >= 11 is 0. The summed E-state index contributed by atoms with van der Waals surface area (Å²) < 4.78 is 11.1. The van der Waals surface area contributed by atoms with Crippen molar-refractivity contribution in [1.29, 1.82) is 0 Å². The summed E-state index contributed by atoms with van der Waals surface area (Å²) in [5.74, 6) is -1.29. The van der Waals surface area contributed by atoms with Crippen molar-refractivity contribution < 1.29 is 39.5 Å². The Labute approximate surface area is 227 Å². The number of hydrogen-bond donors (Lipinski definition) is 4. The zero-order valence-electron chi connectivity index (χ0n) is 23.9. The molecule has 0 aliphatic carbocycles. The average Bonchev–Trinajstić information content (AvgIpc) is 2.82. The summed E-state index contributed by atoms with van der Waals surface area (Å²) in [6.45, 7) is 12.0. The van der Waals surface area contributed by atoms with E-state index in [2.05, 4.69) is 6.92 Å². The molecule has 1 aliphatic heterocycles. The molecule has 8 heteroatoms. The second-order valence-corrected chi connectivity index (χ2v) is 11.0. The van der Waals surface area contributed by atoms with Gasteiger partial charge in [-0.05, 0) is 57.6 Å². The van der Waals surface area contributed by atoms with E-state index in [0.717, 1.165) is 12.0 Å². The quantitative estimate of drug-likeness (QED) is 0.199. The number of carbonyl (C=O) groups excluding carboxylic acids is 2. The summed E-state index contributed by atoms with van der Waals surface area (Å²) in [5.41, 5.74) is -0.614.